The average molecular weight is 367 g/mol. The Labute approximate surface area is 150 Å². The summed E-state index contributed by atoms with van der Waals surface area (Å²) in [4.78, 5) is 24.9. The van der Waals surface area contributed by atoms with E-state index in [0.717, 1.165) is 16.0 Å². The number of aryl methyl sites for hydroxylation is 2. The number of benzene rings is 1. The smallest absolute Gasteiger partial charge is 0.313 e. The lowest BCUT2D eigenvalue weighted by atomic mass is 10.1. The monoisotopic (exact) mass is 366 g/mol. The number of ether oxygens (including phenoxy) is 1. The molecule has 2 aromatic rings. The zero-order valence-electron chi connectivity index (χ0n) is 13.7. The number of amides is 2. The molecule has 0 fully saturated rings. The van der Waals surface area contributed by atoms with E-state index < -0.39 is 11.8 Å². The number of anilines is 1. The van der Waals surface area contributed by atoms with Crippen molar-refractivity contribution in [3.8, 4) is 0 Å². The Bertz CT molecular complexity index is 725. The van der Waals surface area contributed by atoms with Crippen LogP contribution in [0.5, 0.6) is 0 Å². The minimum atomic E-state index is -0.709. The van der Waals surface area contributed by atoms with Crippen molar-refractivity contribution in [2.24, 2.45) is 0 Å². The van der Waals surface area contributed by atoms with Crippen LogP contribution in [0.15, 0.2) is 30.3 Å². The normalized spacial score (nSPS) is 11.8. The number of methoxy groups -OCH3 is 1. The molecule has 2 amide bonds. The van der Waals surface area contributed by atoms with Crippen molar-refractivity contribution >= 4 is 40.4 Å². The Balaban J connectivity index is 1.92. The van der Waals surface area contributed by atoms with Crippen LogP contribution in [-0.2, 0) is 14.3 Å². The highest BCUT2D eigenvalue weighted by molar-refractivity contribution is 7.16. The van der Waals surface area contributed by atoms with Crippen molar-refractivity contribution in [2.45, 2.75) is 20.0 Å². The molecule has 128 valence electrons. The van der Waals surface area contributed by atoms with Crippen LogP contribution >= 0.6 is 22.9 Å². The van der Waals surface area contributed by atoms with Gasteiger partial charge in [0.25, 0.3) is 0 Å². The molecule has 0 bridgehead atoms. The summed E-state index contributed by atoms with van der Waals surface area (Å²) in [5, 5.41) is 5.18. The number of thiophene rings is 1. The zero-order chi connectivity index (χ0) is 17.7. The van der Waals surface area contributed by atoms with Crippen LogP contribution in [0.3, 0.4) is 0 Å². The minimum Gasteiger partial charge on any atom is -0.374 e. The molecule has 0 aliphatic carbocycles. The molecule has 0 saturated carbocycles. The van der Waals surface area contributed by atoms with E-state index in [1.807, 2.05) is 38.1 Å². The molecular weight excluding hydrogens is 348 g/mol. The van der Waals surface area contributed by atoms with Gasteiger partial charge in [-0.1, -0.05) is 17.7 Å². The van der Waals surface area contributed by atoms with Gasteiger partial charge < -0.3 is 15.4 Å². The van der Waals surface area contributed by atoms with Crippen LogP contribution in [0.25, 0.3) is 0 Å². The van der Waals surface area contributed by atoms with Crippen molar-refractivity contribution in [3.05, 3.63) is 50.7 Å². The lowest BCUT2D eigenvalue weighted by molar-refractivity contribution is -0.136. The Kier molecular flexibility index (Phi) is 6.36. The third-order valence-electron chi connectivity index (χ3n) is 3.33. The Morgan fingerprint density at radius 1 is 1.17 bits per heavy atom. The number of hydrogen-bond acceptors (Lipinski definition) is 4. The second kappa shape index (κ2) is 8.28. The van der Waals surface area contributed by atoms with E-state index in [-0.39, 0.29) is 12.6 Å². The minimum absolute atomic E-state index is 0.187. The van der Waals surface area contributed by atoms with Gasteiger partial charge in [0.05, 0.1) is 4.34 Å². The maximum atomic E-state index is 12.0. The van der Waals surface area contributed by atoms with Gasteiger partial charge in [0.1, 0.15) is 6.10 Å². The van der Waals surface area contributed by atoms with Gasteiger partial charge in [-0.3, -0.25) is 9.59 Å². The predicted molar refractivity (Wildman–Crippen MR) is 96.6 cm³/mol. The first kappa shape index (κ1) is 18.4. The van der Waals surface area contributed by atoms with Gasteiger partial charge in [-0.2, -0.15) is 0 Å². The largest absolute Gasteiger partial charge is 0.374 e. The maximum Gasteiger partial charge on any atom is 0.313 e. The molecule has 1 atom stereocenters. The molecule has 2 rings (SSSR count). The maximum absolute atomic E-state index is 12.0. The zero-order valence-corrected chi connectivity index (χ0v) is 15.3. The molecule has 0 spiro atoms. The summed E-state index contributed by atoms with van der Waals surface area (Å²) in [6.45, 7) is 4.04. The molecule has 7 heteroatoms. The van der Waals surface area contributed by atoms with Gasteiger partial charge in [0.2, 0.25) is 0 Å². The summed E-state index contributed by atoms with van der Waals surface area (Å²) < 4.78 is 5.98. The van der Waals surface area contributed by atoms with Crippen LogP contribution in [0.2, 0.25) is 4.34 Å². The summed E-state index contributed by atoms with van der Waals surface area (Å²) in [7, 11) is 1.54. The van der Waals surface area contributed by atoms with E-state index in [4.69, 9.17) is 16.3 Å². The van der Waals surface area contributed by atoms with E-state index in [2.05, 4.69) is 10.6 Å². The molecule has 1 unspecified atom stereocenters. The molecule has 0 saturated heterocycles. The van der Waals surface area contributed by atoms with Crippen LogP contribution in [0.4, 0.5) is 5.69 Å². The SMILES string of the molecule is COC(CNC(=O)C(=O)Nc1cc(C)cc(C)c1)c1ccc(Cl)s1. The van der Waals surface area contributed by atoms with Gasteiger partial charge in [0, 0.05) is 24.2 Å². The lowest BCUT2D eigenvalue weighted by Gasteiger charge is -2.14. The Morgan fingerprint density at radius 3 is 2.38 bits per heavy atom. The van der Waals surface area contributed by atoms with Crippen LogP contribution < -0.4 is 10.6 Å². The van der Waals surface area contributed by atoms with Crippen LogP contribution in [0.1, 0.15) is 22.1 Å². The first-order valence-electron chi connectivity index (χ1n) is 7.34. The number of halogens is 1. The third kappa shape index (κ3) is 5.06. The quantitative estimate of drug-likeness (QED) is 0.796. The van der Waals surface area contributed by atoms with Crippen LogP contribution in [0, 0.1) is 13.8 Å². The number of rotatable bonds is 5. The van der Waals surface area contributed by atoms with E-state index >= 15 is 0 Å². The average Bonchev–Trinajstić information content (AvgIpc) is 2.93. The number of nitrogens with one attached hydrogen (secondary N) is 2. The summed E-state index contributed by atoms with van der Waals surface area (Å²) in [5.74, 6) is -1.42. The second-order valence-corrected chi connectivity index (χ2v) is 7.15. The lowest BCUT2D eigenvalue weighted by Crippen LogP contribution is -2.37. The van der Waals surface area contributed by atoms with Crippen molar-refractivity contribution in [3.63, 3.8) is 0 Å². The molecule has 1 aromatic heterocycles. The molecule has 0 aliphatic heterocycles. The summed E-state index contributed by atoms with van der Waals surface area (Å²) in [5.41, 5.74) is 2.63. The molecule has 2 N–H and O–H groups in total. The molecular formula is C17H19ClN2O3S. The van der Waals surface area contributed by atoms with Gasteiger partial charge in [0.15, 0.2) is 0 Å². The molecule has 0 radical (unpaired) electrons. The summed E-state index contributed by atoms with van der Waals surface area (Å²) in [6, 6.07) is 9.21. The number of hydrogen-bond donors (Lipinski definition) is 2. The predicted octanol–water partition coefficient (Wildman–Crippen LogP) is 3.46. The van der Waals surface area contributed by atoms with Gasteiger partial charge >= 0.3 is 11.8 Å². The number of carbonyl (C=O) groups is 2. The first-order chi connectivity index (χ1) is 11.4. The first-order valence-corrected chi connectivity index (χ1v) is 8.54. The molecule has 24 heavy (non-hydrogen) atoms. The molecule has 0 aliphatic rings. The van der Waals surface area contributed by atoms with Gasteiger partial charge in [-0.15, -0.1) is 11.3 Å². The molecule has 1 aromatic carbocycles. The second-order valence-electron chi connectivity index (χ2n) is 5.41. The molecule has 5 nitrogen and oxygen atoms in total. The highest BCUT2D eigenvalue weighted by atomic mass is 35.5. The fraction of sp³-hybridized carbons (Fsp3) is 0.294. The summed E-state index contributed by atoms with van der Waals surface area (Å²) in [6.07, 6.45) is -0.347. The standard InChI is InChI=1S/C17H19ClN2O3S/c1-10-6-11(2)8-12(7-10)20-17(22)16(21)19-9-13(23-3)14-4-5-15(18)24-14/h4-8,13H,9H2,1-3H3,(H,19,21)(H,20,22). The topological polar surface area (TPSA) is 67.4 Å². The highest BCUT2D eigenvalue weighted by Crippen LogP contribution is 2.28. The molecule has 1 heterocycles. The van der Waals surface area contributed by atoms with E-state index in [1.54, 1.807) is 13.2 Å². The third-order valence-corrected chi connectivity index (χ3v) is 4.65. The van der Waals surface area contributed by atoms with Crippen molar-refractivity contribution < 1.29 is 14.3 Å². The summed E-state index contributed by atoms with van der Waals surface area (Å²) >= 11 is 7.28. The van der Waals surface area contributed by atoms with Gasteiger partial charge in [-0.25, -0.2) is 0 Å². The fourth-order valence-electron chi connectivity index (χ4n) is 2.30. The van der Waals surface area contributed by atoms with E-state index in [1.165, 1.54) is 11.3 Å². The van der Waals surface area contributed by atoms with E-state index in [9.17, 15) is 9.59 Å². The van der Waals surface area contributed by atoms with Crippen LogP contribution in [-0.4, -0.2) is 25.5 Å². The van der Waals surface area contributed by atoms with E-state index in [0.29, 0.717) is 10.0 Å². The van der Waals surface area contributed by atoms with Crippen molar-refractivity contribution in [1.82, 2.24) is 5.32 Å². The van der Waals surface area contributed by atoms with Crippen molar-refractivity contribution in [1.29, 1.82) is 0 Å². The Morgan fingerprint density at radius 2 is 1.83 bits per heavy atom. The van der Waals surface area contributed by atoms with Crippen molar-refractivity contribution in [2.75, 3.05) is 19.0 Å². The highest BCUT2D eigenvalue weighted by Gasteiger charge is 2.18. The van der Waals surface area contributed by atoms with Gasteiger partial charge in [-0.05, 0) is 49.2 Å². The Hall–Kier alpha value is -1.89. The fourth-order valence-corrected chi connectivity index (χ4v) is 3.44. The number of carbonyl (C=O) groups excluding carboxylic acids is 2.